The number of nitrogens with zero attached hydrogens (tertiary/aromatic N) is 2. The van der Waals surface area contributed by atoms with Gasteiger partial charge in [-0.05, 0) is 37.5 Å². The van der Waals surface area contributed by atoms with Crippen LogP contribution in [-0.4, -0.2) is 18.9 Å². The normalized spacial score (nSPS) is 19.1. The number of carbonyl (C=O) groups is 1. The molecule has 1 unspecified atom stereocenters. The molecule has 1 fully saturated rings. The zero-order valence-electron chi connectivity index (χ0n) is 10.0. The first-order valence-electron chi connectivity index (χ1n) is 6.06. The highest BCUT2D eigenvalue weighted by atomic mass is 16.1. The maximum atomic E-state index is 10.7. The van der Waals surface area contributed by atoms with E-state index in [0.29, 0.717) is 17.2 Å². The summed E-state index contributed by atoms with van der Waals surface area (Å²) in [5.74, 6) is 0. The fraction of sp³-hybridized carbons (Fsp3) is 0.429. The Hall–Kier alpha value is -1.82. The molecular formula is C14H16N2O. The van der Waals surface area contributed by atoms with Gasteiger partial charge >= 0.3 is 0 Å². The summed E-state index contributed by atoms with van der Waals surface area (Å²) in [7, 11) is 0. The Morgan fingerprint density at radius 1 is 1.59 bits per heavy atom. The second kappa shape index (κ2) is 5.01. The average molecular weight is 228 g/mol. The Labute approximate surface area is 102 Å². The van der Waals surface area contributed by atoms with Crippen LogP contribution in [0.5, 0.6) is 0 Å². The fourth-order valence-electron chi connectivity index (χ4n) is 2.54. The minimum atomic E-state index is 0.532. The molecule has 0 N–H and O–H groups in total. The molecule has 3 heteroatoms. The van der Waals surface area contributed by atoms with E-state index in [1.54, 1.807) is 12.1 Å². The number of rotatable bonds is 3. The molecule has 1 heterocycles. The number of anilines is 1. The van der Waals surface area contributed by atoms with Gasteiger partial charge in [0.2, 0.25) is 0 Å². The molecule has 1 aromatic carbocycles. The summed E-state index contributed by atoms with van der Waals surface area (Å²) in [6, 6.07) is 8.08. The molecule has 1 aromatic rings. The lowest BCUT2D eigenvalue weighted by atomic mass is 10.1. The third kappa shape index (κ3) is 2.16. The molecule has 0 amide bonds. The number of benzene rings is 1. The van der Waals surface area contributed by atoms with Crippen LogP contribution >= 0.6 is 0 Å². The standard InChI is InChI=1S/C14H16N2O/c1-2-13-4-3-7-16(13)14-6-5-11(10-17)8-12(14)9-15/h5-6,8,10,13H,2-4,7H2,1H3. The highest BCUT2D eigenvalue weighted by Gasteiger charge is 2.24. The van der Waals surface area contributed by atoms with Gasteiger partial charge < -0.3 is 4.90 Å². The van der Waals surface area contributed by atoms with E-state index in [4.69, 9.17) is 5.26 Å². The predicted molar refractivity (Wildman–Crippen MR) is 67.2 cm³/mol. The summed E-state index contributed by atoms with van der Waals surface area (Å²) in [4.78, 5) is 13.0. The van der Waals surface area contributed by atoms with Crippen LogP contribution in [0.4, 0.5) is 5.69 Å². The molecule has 88 valence electrons. The topological polar surface area (TPSA) is 44.1 Å². The first kappa shape index (κ1) is 11.7. The van der Waals surface area contributed by atoms with Crippen LogP contribution in [0.1, 0.15) is 42.1 Å². The molecule has 1 atom stereocenters. The number of aldehydes is 1. The van der Waals surface area contributed by atoms with Crippen molar-refractivity contribution in [2.45, 2.75) is 32.2 Å². The summed E-state index contributed by atoms with van der Waals surface area (Å²) in [6.07, 6.45) is 4.25. The van der Waals surface area contributed by atoms with E-state index in [1.165, 1.54) is 12.8 Å². The maximum absolute atomic E-state index is 10.7. The van der Waals surface area contributed by atoms with E-state index in [1.807, 2.05) is 6.07 Å². The lowest BCUT2D eigenvalue weighted by molar-refractivity contribution is 0.112. The highest BCUT2D eigenvalue weighted by Crippen LogP contribution is 2.30. The molecule has 0 saturated carbocycles. The van der Waals surface area contributed by atoms with Crippen molar-refractivity contribution < 1.29 is 4.79 Å². The van der Waals surface area contributed by atoms with Gasteiger partial charge in [0.15, 0.2) is 0 Å². The van der Waals surface area contributed by atoms with Crippen molar-refractivity contribution in [1.82, 2.24) is 0 Å². The molecule has 0 aromatic heterocycles. The van der Waals surface area contributed by atoms with E-state index in [-0.39, 0.29) is 0 Å². The summed E-state index contributed by atoms with van der Waals surface area (Å²) >= 11 is 0. The summed E-state index contributed by atoms with van der Waals surface area (Å²) in [5.41, 5.74) is 2.15. The van der Waals surface area contributed by atoms with Gasteiger partial charge in [-0.1, -0.05) is 6.92 Å². The fourth-order valence-corrected chi connectivity index (χ4v) is 2.54. The van der Waals surface area contributed by atoms with E-state index in [0.717, 1.165) is 24.9 Å². The monoisotopic (exact) mass is 228 g/mol. The molecule has 0 spiro atoms. The molecule has 0 aliphatic carbocycles. The zero-order chi connectivity index (χ0) is 12.3. The van der Waals surface area contributed by atoms with Crippen molar-refractivity contribution in [3.05, 3.63) is 29.3 Å². The van der Waals surface area contributed by atoms with E-state index >= 15 is 0 Å². The molecule has 1 aliphatic rings. The van der Waals surface area contributed by atoms with E-state index < -0.39 is 0 Å². The van der Waals surface area contributed by atoms with Crippen LogP contribution in [0, 0.1) is 11.3 Å². The smallest absolute Gasteiger partial charge is 0.150 e. The van der Waals surface area contributed by atoms with Crippen molar-refractivity contribution in [1.29, 1.82) is 5.26 Å². The van der Waals surface area contributed by atoms with Gasteiger partial charge in [-0.2, -0.15) is 5.26 Å². The number of hydrogen-bond donors (Lipinski definition) is 0. The SMILES string of the molecule is CCC1CCCN1c1ccc(C=O)cc1C#N. The largest absolute Gasteiger partial charge is 0.367 e. The molecule has 0 bridgehead atoms. The van der Waals surface area contributed by atoms with Gasteiger partial charge in [0.25, 0.3) is 0 Å². The molecule has 1 saturated heterocycles. The van der Waals surface area contributed by atoms with Gasteiger partial charge in [-0.3, -0.25) is 4.79 Å². The summed E-state index contributed by atoms with van der Waals surface area (Å²) < 4.78 is 0. The van der Waals surface area contributed by atoms with Crippen LogP contribution in [-0.2, 0) is 0 Å². The zero-order valence-corrected chi connectivity index (χ0v) is 10.0. The van der Waals surface area contributed by atoms with E-state index in [9.17, 15) is 4.79 Å². The number of nitriles is 1. The van der Waals surface area contributed by atoms with Gasteiger partial charge in [0.1, 0.15) is 12.4 Å². The lowest BCUT2D eigenvalue weighted by Gasteiger charge is -2.26. The number of hydrogen-bond acceptors (Lipinski definition) is 3. The molecule has 3 nitrogen and oxygen atoms in total. The van der Waals surface area contributed by atoms with Crippen molar-refractivity contribution >= 4 is 12.0 Å². The van der Waals surface area contributed by atoms with Crippen molar-refractivity contribution in [2.24, 2.45) is 0 Å². The Kier molecular flexibility index (Phi) is 3.43. The lowest BCUT2D eigenvalue weighted by Crippen LogP contribution is -2.29. The van der Waals surface area contributed by atoms with Gasteiger partial charge in [-0.15, -0.1) is 0 Å². The molecular weight excluding hydrogens is 212 g/mol. The highest BCUT2D eigenvalue weighted by molar-refractivity contribution is 5.78. The average Bonchev–Trinajstić information content (AvgIpc) is 2.85. The molecule has 17 heavy (non-hydrogen) atoms. The summed E-state index contributed by atoms with van der Waals surface area (Å²) in [5, 5.41) is 9.17. The maximum Gasteiger partial charge on any atom is 0.150 e. The van der Waals surface area contributed by atoms with Crippen LogP contribution in [0.3, 0.4) is 0 Å². The third-order valence-corrected chi connectivity index (χ3v) is 3.43. The van der Waals surface area contributed by atoms with Crippen LogP contribution in [0.25, 0.3) is 0 Å². The summed E-state index contributed by atoms with van der Waals surface area (Å²) in [6.45, 7) is 3.18. The second-order valence-electron chi connectivity index (χ2n) is 4.40. The first-order valence-corrected chi connectivity index (χ1v) is 6.06. The van der Waals surface area contributed by atoms with Crippen LogP contribution in [0.2, 0.25) is 0 Å². The van der Waals surface area contributed by atoms with E-state index in [2.05, 4.69) is 17.9 Å². The molecule has 1 aliphatic heterocycles. The minimum absolute atomic E-state index is 0.532. The van der Waals surface area contributed by atoms with Crippen molar-refractivity contribution in [3.8, 4) is 6.07 Å². The Balaban J connectivity index is 2.38. The van der Waals surface area contributed by atoms with Gasteiger partial charge in [0.05, 0.1) is 11.3 Å². The Morgan fingerprint density at radius 2 is 2.41 bits per heavy atom. The first-order chi connectivity index (χ1) is 8.30. The van der Waals surface area contributed by atoms with Crippen LogP contribution < -0.4 is 4.90 Å². The molecule has 0 radical (unpaired) electrons. The second-order valence-corrected chi connectivity index (χ2v) is 4.40. The quantitative estimate of drug-likeness (QED) is 0.747. The predicted octanol–water partition coefficient (Wildman–Crippen LogP) is 2.75. The number of carbonyl (C=O) groups excluding carboxylic acids is 1. The van der Waals surface area contributed by atoms with Gasteiger partial charge in [-0.25, -0.2) is 0 Å². The molecule has 2 rings (SSSR count). The van der Waals surface area contributed by atoms with Crippen LogP contribution in [0.15, 0.2) is 18.2 Å². The third-order valence-electron chi connectivity index (χ3n) is 3.43. The van der Waals surface area contributed by atoms with Crippen molar-refractivity contribution in [3.63, 3.8) is 0 Å². The minimum Gasteiger partial charge on any atom is -0.367 e. The Morgan fingerprint density at radius 3 is 3.06 bits per heavy atom. The van der Waals surface area contributed by atoms with Crippen molar-refractivity contribution in [2.75, 3.05) is 11.4 Å². The van der Waals surface area contributed by atoms with Gasteiger partial charge in [0, 0.05) is 18.2 Å². The Bertz CT molecular complexity index is 462.